The smallest absolute Gasteiger partial charge is 0.293 e. The van der Waals surface area contributed by atoms with Crippen molar-refractivity contribution < 1.29 is 4.57 Å². The molecule has 0 atom stereocenters. The van der Waals surface area contributed by atoms with Crippen LogP contribution < -0.4 is 14.8 Å². The number of aromatic nitrogens is 1. The van der Waals surface area contributed by atoms with Gasteiger partial charge in [-0.25, -0.2) is 4.57 Å². The zero-order valence-electron chi connectivity index (χ0n) is 21.1. The van der Waals surface area contributed by atoms with E-state index < -0.39 is 0 Å². The summed E-state index contributed by atoms with van der Waals surface area (Å²) in [6, 6.07) is 20.5. The van der Waals surface area contributed by atoms with Gasteiger partial charge < -0.3 is 0 Å². The molecule has 2 nitrogen and oxygen atoms in total. The summed E-state index contributed by atoms with van der Waals surface area (Å²) < 4.78 is 2.40. The Kier molecular flexibility index (Phi) is 5.85. The normalized spacial score (nSPS) is 17.3. The third-order valence-electron chi connectivity index (χ3n) is 7.95. The van der Waals surface area contributed by atoms with Crippen molar-refractivity contribution in [3.63, 3.8) is 0 Å². The molecule has 0 bridgehead atoms. The average Bonchev–Trinajstić information content (AvgIpc) is 2.81. The number of pyridine rings is 1. The molecule has 3 aromatic rings. The first-order chi connectivity index (χ1) is 15.8. The molecule has 1 aliphatic heterocycles. The zero-order valence-corrected chi connectivity index (χ0v) is 21.1. The lowest BCUT2D eigenvalue weighted by atomic mass is 9.52. The molecule has 1 fully saturated rings. The highest BCUT2D eigenvalue weighted by molar-refractivity contribution is 6.77. The van der Waals surface area contributed by atoms with E-state index in [1.54, 1.807) is 0 Å². The molecular formula is C30H38BN2+. The van der Waals surface area contributed by atoms with Crippen molar-refractivity contribution in [3.8, 4) is 0 Å². The first kappa shape index (κ1) is 22.3. The molecule has 2 aliphatic rings. The molecule has 0 spiro atoms. The molecule has 0 N–H and O–H groups in total. The molecular weight excluding hydrogens is 399 g/mol. The predicted molar refractivity (Wildman–Crippen MR) is 143 cm³/mol. The lowest BCUT2D eigenvalue weighted by Crippen LogP contribution is -2.52. The molecule has 0 radical (unpaired) electrons. The number of hydrogen-bond acceptors (Lipinski definition) is 1. The quantitative estimate of drug-likeness (QED) is 0.334. The summed E-state index contributed by atoms with van der Waals surface area (Å²) in [5.74, 6) is 2.12. The highest BCUT2D eigenvalue weighted by Gasteiger charge is 2.39. The van der Waals surface area contributed by atoms with Crippen LogP contribution in [0.3, 0.4) is 0 Å². The molecule has 0 unspecified atom stereocenters. The Morgan fingerprint density at radius 1 is 0.970 bits per heavy atom. The third-order valence-corrected chi connectivity index (χ3v) is 7.95. The number of aryl methyl sites for hydroxylation is 1. The minimum absolute atomic E-state index is 0.0782. The third kappa shape index (κ3) is 4.11. The van der Waals surface area contributed by atoms with Crippen molar-refractivity contribution in [1.82, 2.24) is 0 Å². The van der Waals surface area contributed by atoms with E-state index in [-0.39, 0.29) is 5.41 Å². The molecule has 1 saturated carbocycles. The maximum absolute atomic E-state index is 2.53. The second kappa shape index (κ2) is 8.67. The van der Waals surface area contributed by atoms with Gasteiger partial charge in [0.1, 0.15) is 5.52 Å². The fraction of sp³-hybridized carbons (Fsp3) is 0.433. The van der Waals surface area contributed by atoms with E-state index in [1.807, 2.05) is 0 Å². The highest BCUT2D eigenvalue weighted by atomic mass is 15.2. The van der Waals surface area contributed by atoms with Crippen molar-refractivity contribution >= 4 is 34.6 Å². The van der Waals surface area contributed by atoms with Gasteiger partial charge in [0, 0.05) is 17.0 Å². The zero-order chi connectivity index (χ0) is 23.2. The van der Waals surface area contributed by atoms with E-state index in [9.17, 15) is 0 Å². The number of para-hydroxylation sites is 1. The Hall–Kier alpha value is -2.55. The Balaban J connectivity index is 1.67. The second-order valence-electron chi connectivity index (χ2n) is 11.3. The van der Waals surface area contributed by atoms with E-state index in [0.717, 1.165) is 5.92 Å². The molecule has 0 saturated heterocycles. The van der Waals surface area contributed by atoms with Crippen LogP contribution in [0.25, 0.3) is 16.5 Å². The summed E-state index contributed by atoms with van der Waals surface area (Å²) in [4.78, 5) is 2.53. The molecule has 0 amide bonds. The van der Waals surface area contributed by atoms with Gasteiger partial charge in [-0.3, -0.25) is 4.81 Å². The van der Waals surface area contributed by atoms with Gasteiger partial charge in [0.2, 0.25) is 0 Å². The number of hydrogen-bond donors (Lipinski definition) is 0. The molecule has 170 valence electrons. The van der Waals surface area contributed by atoms with E-state index in [4.69, 9.17) is 0 Å². The largest absolute Gasteiger partial charge is 0.409 e. The highest BCUT2D eigenvalue weighted by Crippen LogP contribution is 2.38. The Bertz CT molecular complexity index is 1200. The summed E-state index contributed by atoms with van der Waals surface area (Å²) in [7, 11) is 2.24. The van der Waals surface area contributed by atoms with Crippen LogP contribution >= 0.6 is 0 Å². The number of rotatable bonds is 3. The fourth-order valence-electron chi connectivity index (χ4n) is 6.05. The van der Waals surface area contributed by atoms with Crippen LogP contribution in [0.2, 0.25) is 6.82 Å². The van der Waals surface area contributed by atoms with E-state index in [0.29, 0.717) is 6.85 Å². The van der Waals surface area contributed by atoms with Crippen molar-refractivity contribution in [3.05, 3.63) is 71.9 Å². The molecule has 33 heavy (non-hydrogen) atoms. The van der Waals surface area contributed by atoms with Gasteiger partial charge in [-0.2, -0.15) is 0 Å². The van der Waals surface area contributed by atoms with E-state index in [2.05, 4.69) is 105 Å². The summed E-state index contributed by atoms with van der Waals surface area (Å²) in [5, 5.41) is 1.42. The minimum Gasteiger partial charge on any atom is -0.293 e. The predicted octanol–water partition coefficient (Wildman–Crippen LogP) is 6.52. The van der Waals surface area contributed by atoms with Crippen LogP contribution in [-0.4, -0.2) is 6.85 Å². The van der Waals surface area contributed by atoms with Crippen molar-refractivity contribution in [1.29, 1.82) is 0 Å². The molecule has 2 heterocycles. The monoisotopic (exact) mass is 437 g/mol. The maximum Gasteiger partial charge on any atom is 0.409 e. The second-order valence-corrected chi connectivity index (χ2v) is 11.3. The summed E-state index contributed by atoms with van der Waals surface area (Å²) >= 11 is 0. The summed E-state index contributed by atoms with van der Waals surface area (Å²) in [6.07, 6.45) is 10.6. The fourth-order valence-corrected chi connectivity index (χ4v) is 6.05. The van der Waals surface area contributed by atoms with E-state index >= 15 is 0 Å². The molecule has 1 aliphatic carbocycles. The molecule has 3 heteroatoms. The first-order valence-corrected chi connectivity index (χ1v) is 12.8. The SMILES string of the molecule is CB1c2ccccc2C(C(C)(C)C)=CN1c1cc(CC2CCCCC2)c2ccccc2[n+]1C. The first-order valence-electron chi connectivity index (χ1n) is 12.8. The van der Waals surface area contributed by atoms with Gasteiger partial charge in [-0.1, -0.05) is 95.3 Å². The van der Waals surface area contributed by atoms with Crippen LogP contribution in [0.4, 0.5) is 5.82 Å². The van der Waals surface area contributed by atoms with Crippen LogP contribution in [0.15, 0.2) is 60.8 Å². The number of anilines is 1. The maximum atomic E-state index is 2.53. The number of allylic oxidation sites excluding steroid dienone is 1. The lowest BCUT2D eigenvalue weighted by Gasteiger charge is -2.33. The lowest BCUT2D eigenvalue weighted by molar-refractivity contribution is -0.631. The number of benzene rings is 2. The number of fused-ring (bicyclic) bond motifs is 2. The molecule has 5 rings (SSSR count). The average molecular weight is 437 g/mol. The molecule has 2 aromatic carbocycles. The Morgan fingerprint density at radius 3 is 2.42 bits per heavy atom. The van der Waals surface area contributed by atoms with Crippen LogP contribution in [0, 0.1) is 11.3 Å². The summed E-state index contributed by atoms with van der Waals surface area (Å²) in [5.41, 5.74) is 7.17. The Labute approximate surface area is 200 Å². The van der Waals surface area contributed by atoms with Crippen LogP contribution in [-0.2, 0) is 13.5 Å². The molecule has 1 aromatic heterocycles. The van der Waals surface area contributed by atoms with Crippen LogP contribution in [0.1, 0.15) is 64.0 Å². The van der Waals surface area contributed by atoms with Crippen molar-refractivity contribution in [2.75, 3.05) is 4.81 Å². The standard InChI is InChI=1S/C30H38BN2/c1-30(2,3)26-21-33(31(4)27-17-11-9-16-25(26)27)29-20-23(19-22-13-7-6-8-14-22)24-15-10-12-18-28(24)32(29)5/h9-12,15-18,20-22H,6-8,13-14,19H2,1-5H3/q+1. The summed E-state index contributed by atoms with van der Waals surface area (Å²) in [6.45, 7) is 9.64. The minimum atomic E-state index is 0.0782. The van der Waals surface area contributed by atoms with Crippen molar-refractivity contribution in [2.45, 2.75) is 66.1 Å². The number of nitrogens with zero attached hydrogens (tertiary/aromatic N) is 2. The Morgan fingerprint density at radius 2 is 1.67 bits per heavy atom. The van der Waals surface area contributed by atoms with Gasteiger partial charge in [0.15, 0.2) is 0 Å². The topological polar surface area (TPSA) is 7.12 Å². The van der Waals surface area contributed by atoms with Gasteiger partial charge in [0.25, 0.3) is 5.82 Å². The van der Waals surface area contributed by atoms with Gasteiger partial charge >= 0.3 is 6.85 Å². The van der Waals surface area contributed by atoms with Crippen LogP contribution in [0.5, 0.6) is 0 Å². The van der Waals surface area contributed by atoms with Gasteiger partial charge in [-0.05, 0) is 47.2 Å². The van der Waals surface area contributed by atoms with Gasteiger partial charge in [-0.15, -0.1) is 0 Å². The van der Waals surface area contributed by atoms with E-state index in [1.165, 1.54) is 77.4 Å². The van der Waals surface area contributed by atoms with Crippen molar-refractivity contribution in [2.24, 2.45) is 18.4 Å². The van der Waals surface area contributed by atoms with Gasteiger partial charge in [0.05, 0.1) is 13.2 Å².